The highest BCUT2D eigenvalue weighted by Gasteiger charge is 2.67. The van der Waals surface area contributed by atoms with E-state index >= 15 is 0 Å². The fourth-order valence-corrected chi connectivity index (χ4v) is 2.47. The molecule has 0 saturated carbocycles. The molecule has 2 aromatic rings. The van der Waals surface area contributed by atoms with Gasteiger partial charge in [0.05, 0.1) is 0 Å². The topological polar surface area (TPSA) is 22.1 Å². The van der Waals surface area contributed by atoms with Gasteiger partial charge in [-0.3, -0.25) is 0 Å². The summed E-state index contributed by atoms with van der Waals surface area (Å²) >= 11 is 0. The van der Waals surface area contributed by atoms with Crippen LogP contribution in [-0.4, -0.2) is 4.98 Å². The lowest BCUT2D eigenvalue weighted by atomic mass is 9.87. The first-order valence-corrected chi connectivity index (χ1v) is 8.80. The van der Waals surface area contributed by atoms with E-state index in [-0.39, 0.29) is 11.6 Å². The van der Waals surface area contributed by atoms with Crippen molar-refractivity contribution in [3.63, 3.8) is 0 Å². The maximum absolute atomic E-state index is 14.1. The average molecular weight is 389 g/mol. The molecule has 0 N–H and O–H groups in total. The Morgan fingerprint density at radius 3 is 1.88 bits per heavy atom. The molecule has 0 spiro atoms. The van der Waals surface area contributed by atoms with Crippen molar-refractivity contribution < 1.29 is 32.9 Å². The molecule has 10 heteroatoms. The molecule has 140 valence electrons. The highest BCUT2D eigenvalue weighted by molar-refractivity contribution is 8.45. The first-order chi connectivity index (χ1) is 11.0. The smallest absolute Gasteiger partial charge is 0.326 e. The zero-order valence-corrected chi connectivity index (χ0v) is 14.1. The summed E-state index contributed by atoms with van der Waals surface area (Å²) < 4.78 is 96.6. The van der Waals surface area contributed by atoms with Gasteiger partial charge in [-0.25, -0.2) is 13.8 Å². The number of hydrogen-bond donors (Lipinski definition) is 0. The minimum atomic E-state index is -10.0. The third kappa shape index (κ3) is 4.56. The van der Waals surface area contributed by atoms with Gasteiger partial charge in [-0.1, -0.05) is 40.2 Å². The lowest BCUT2D eigenvalue weighted by Gasteiger charge is -2.39. The van der Waals surface area contributed by atoms with Gasteiger partial charge in [0.25, 0.3) is 0 Å². The van der Waals surface area contributed by atoms with Crippen molar-refractivity contribution >= 4 is 10.2 Å². The standard InChI is InChI=1S/C15H14F7NOS/c1-15(2,3)9-6-11(16)14(12(17)7-9)24-10-4-5-23-13(8-10)25(18,19,20,21)22/h4-8H,1-3H3. The normalized spacial score (nSPS) is 15.4. The maximum atomic E-state index is 14.1. The van der Waals surface area contributed by atoms with E-state index in [1.54, 1.807) is 20.8 Å². The number of rotatable bonds is 3. The van der Waals surface area contributed by atoms with E-state index in [0.717, 1.165) is 18.2 Å². The Hall–Kier alpha value is -1.97. The van der Waals surface area contributed by atoms with Crippen LogP contribution in [0.3, 0.4) is 0 Å². The predicted octanol–water partition coefficient (Wildman–Crippen LogP) is 7.11. The van der Waals surface area contributed by atoms with Gasteiger partial charge >= 0.3 is 10.2 Å². The molecule has 0 radical (unpaired) electrons. The average Bonchev–Trinajstić information content (AvgIpc) is 2.39. The van der Waals surface area contributed by atoms with Crippen LogP contribution < -0.4 is 4.74 Å². The fourth-order valence-electron chi connectivity index (χ4n) is 1.87. The molecule has 0 aliphatic rings. The largest absolute Gasteiger partial charge is 0.451 e. The molecule has 0 bridgehead atoms. The van der Waals surface area contributed by atoms with Crippen LogP contribution in [0.15, 0.2) is 35.5 Å². The summed E-state index contributed by atoms with van der Waals surface area (Å²) in [6.45, 7) is 5.10. The molecule has 0 saturated heterocycles. The Balaban J connectivity index is 2.46. The molecular weight excluding hydrogens is 375 g/mol. The molecule has 0 aliphatic carbocycles. The summed E-state index contributed by atoms with van der Waals surface area (Å²) in [5.41, 5.74) is -0.302. The number of aromatic nitrogens is 1. The van der Waals surface area contributed by atoms with Crippen molar-refractivity contribution in [1.82, 2.24) is 4.98 Å². The molecular formula is C15H14F7NOS. The van der Waals surface area contributed by atoms with E-state index in [1.807, 2.05) is 0 Å². The zero-order valence-electron chi connectivity index (χ0n) is 13.3. The van der Waals surface area contributed by atoms with Gasteiger partial charge in [0.1, 0.15) is 5.75 Å². The molecule has 1 heterocycles. The van der Waals surface area contributed by atoms with Gasteiger partial charge in [0, 0.05) is 12.3 Å². The lowest BCUT2D eigenvalue weighted by Crippen LogP contribution is -2.12. The Morgan fingerprint density at radius 2 is 1.44 bits per heavy atom. The van der Waals surface area contributed by atoms with Crippen molar-refractivity contribution in [2.45, 2.75) is 31.2 Å². The van der Waals surface area contributed by atoms with Gasteiger partial charge in [0.2, 0.25) is 0 Å². The summed E-state index contributed by atoms with van der Waals surface area (Å²) in [4.78, 5) is 2.60. The third-order valence-electron chi connectivity index (χ3n) is 3.19. The van der Waals surface area contributed by atoms with Crippen LogP contribution in [0.1, 0.15) is 26.3 Å². The van der Waals surface area contributed by atoms with E-state index in [0.29, 0.717) is 6.20 Å². The first kappa shape index (κ1) is 19.4. The first-order valence-electron chi connectivity index (χ1n) is 6.85. The minimum absolute atomic E-state index is 0.0991. The van der Waals surface area contributed by atoms with E-state index in [9.17, 15) is 28.2 Å². The van der Waals surface area contributed by atoms with Gasteiger partial charge < -0.3 is 4.74 Å². The van der Waals surface area contributed by atoms with Crippen LogP contribution in [0, 0.1) is 11.6 Å². The maximum Gasteiger partial charge on any atom is 0.326 e. The number of benzene rings is 1. The van der Waals surface area contributed by atoms with E-state index in [2.05, 4.69) is 4.98 Å². The number of pyridine rings is 1. The van der Waals surface area contributed by atoms with Crippen LogP contribution in [0.2, 0.25) is 0 Å². The van der Waals surface area contributed by atoms with E-state index < -0.39 is 43.8 Å². The lowest BCUT2D eigenvalue weighted by molar-refractivity contribution is 0.355. The highest BCUT2D eigenvalue weighted by atomic mass is 32.5. The SMILES string of the molecule is CC(C)(C)c1cc(F)c(Oc2ccnc(S(F)(F)(F)(F)F)c2)c(F)c1. The van der Waals surface area contributed by atoms with E-state index in [1.165, 1.54) is 0 Å². The number of halogens is 7. The summed E-state index contributed by atoms with van der Waals surface area (Å²) in [5, 5.41) is -2.45. The Labute approximate surface area is 139 Å². The van der Waals surface area contributed by atoms with Crippen molar-refractivity contribution in [1.29, 1.82) is 0 Å². The third-order valence-corrected chi connectivity index (χ3v) is 4.20. The second-order valence-electron chi connectivity index (χ2n) is 6.42. The molecule has 1 aromatic carbocycles. The van der Waals surface area contributed by atoms with Crippen LogP contribution in [0.4, 0.5) is 28.2 Å². The van der Waals surface area contributed by atoms with Crippen molar-refractivity contribution in [2.24, 2.45) is 0 Å². The minimum Gasteiger partial charge on any atom is -0.451 e. The Bertz CT molecular complexity index is 805. The molecule has 1 aromatic heterocycles. The quantitative estimate of drug-likeness (QED) is 0.522. The second kappa shape index (κ2) is 5.03. The molecule has 2 rings (SSSR count). The molecule has 0 fully saturated rings. The second-order valence-corrected chi connectivity index (χ2v) is 8.78. The summed E-state index contributed by atoms with van der Waals surface area (Å²) in [7, 11) is -10.0. The van der Waals surface area contributed by atoms with Gasteiger partial charge in [0.15, 0.2) is 22.4 Å². The monoisotopic (exact) mass is 389 g/mol. The van der Waals surface area contributed by atoms with Crippen molar-refractivity contribution in [2.75, 3.05) is 0 Å². The molecule has 0 unspecified atom stereocenters. The van der Waals surface area contributed by atoms with Gasteiger partial charge in [-0.2, -0.15) is 0 Å². The summed E-state index contributed by atoms with van der Waals surface area (Å²) in [6, 6.07) is 2.61. The van der Waals surface area contributed by atoms with Crippen LogP contribution in [-0.2, 0) is 5.41 Å². The summed E-state index contributed by atoms with van der Waals surface area (Å²) in [5.74, 6) is -4.15. The number of hydrogen-bond acceptors (Lipinski definition) is 2. The Morgan fingerprint density at radius 1 is 0.920 bits per heavy atom. The molecule has 0 amide bonds. The summed E-state index contributed by atoms with van der Waals surface area (Å²) in [6.07, 6.45) is 0.419. The predicted molar refractivity (Wildman–Crippen MR) is 80.8 cm³/mol. The number of nitrogens with zero attached hydrogens (tertiary/aromatic N) is 1. The molecule has 0 atom stereocenters. The van der Waals surface area contributed by atoms with Crippen LogP contribution >= 0.6 is 10.2 Å². The zero-order chi connectivity index (χ0) is 19.3. The van der Waals surface area contributed by atoms with Crippen LogP contribution in [0.5, 0.6) is 11.5 Å². The number of ether oxygens (including phenoxy) is 1. The highest BCUT2D eigenvalue weighted by Crippen LogP contribution is 3.01. The molecule has 0 aliphatic heterocycles. The molecule has 2 nitrogen and oxygen atoms in total. The molecule has 25 heavy (non-hydrogen) atoms. The Kier molecular flexibility index (Phi) is 3.89. The van der Waals surface area contributed by atoms with Crippen LogP contribution in [0.25, 0.3) is 0 Å². The van der Waals surface area contributed by atoms with Crippen molar-refractivity contribution in [3.05, 3.63) is 47.7 Å². The van der Waals surface area contributed by atoms with Crippen molar-refractivity contribution in [3.8, 4) is 11.5 Å². The fraction of sp³-hybridized carbons (Fsp3) is 0.267. The van der Waals surface area contributed by atoms with Gasteiger partial charge in [-0.05, 0) is 29.2 Å². The van der Waals surface area contributed by atoms with Gasteiger partial charge in [-0.15, -0.1) is 0 Å². The van der Waals surface area contributed by atoms with E-state index in [4.69, 9.17) is 4.74 Å².